The van der Waals surface area contributed by atoms with Gasteiger partial charge in [-0.15, -0.1) is 0 Å². The molecule has 1 N–H and O–H groups in total. The Morgan fingerprint density at radius 1 is 1.42 bits per heavy atom. The molecule has 0 unspecified atom stereocenters. The van der Waals surface area contributed by atoms with E-state index in [1.165, 1.54) is 6.07 Å². The van der Waals surface area contributed by atoms with E-state index >= 15 is 0 Å². The van der Waals surface area contributed by atoms with Gasteiger partial charge in [0.15, 0.2) is 5.69 Å². The number of hydrogen-bond acceptors (Lipinski definition) is 3. The van der Waals surface area contributed by atoms with E-state index in [0.29, 0.717) is 0 Å². The van der Waals surface area contributed by atoms with E-state index in [4.69, 9.17) is 16.7 Å². The summed E-state index contributed by atoms with van der Waals surface area (Å²) in [6.07, 6.45) is -3.14. The molecule has 0 saturated heterocycles. The molecule has 8 heteroatoms. The van der Waals surface area contributed by atoms with Gasteiger partial charge in [0, 0.05) is 5.02 Å². The van der Waals surface area contributed by atoms with Crippen LogP contribution in [0, 0.1) is 5.82 Å². The lowest BCUT2D eigenvalue weighted by atomic mass is 10.2. The van der Waals surface area contributed by atoms with Gasteiger partial charge in [-0.1, -0.05) is 11.6 Å². The van der Waals surface area contributed by atoms with Crippen LogP contribution in [0.1, 0.15) is 22.7 Å². The number of carboxylic acids is 1. The lowest BCUT2D eigenvalue weighted by Crippen LogP contribution is -1.99. The fraction of sp³-hybridized carbons (Fsp3) is 0.0909. The normalized spacial score (nSPS) is 11.0. The van der Waals surface area contributed by atoms with E-state index < -0.39 is 35.6 Å². The molecule has 1 aromatic heterocycles. The lowest BCUT2D eigenvalue weighted by Gasteiger charge is -1.98. The van der Waals surface area contributed by atoms with E-state index in [-0.39, 0.29) is 10.6 Å². The van der Waals surface area contributed by atoms with E-state index in [1.54, 1.807) is 0 Å². The third-order valence-corrected chi connectivity index (χ3v) is 2.45. The van der Waals surface area contributed by atoms with Crippen LogP contribution in [0.15, 0.2) is 22.6 Å². The first-order valence-corrected chi connectivity index (χ1v) is 5.25. The van der Waals surface area contributed by atoms with E-state index in [9.17, 15) is 18.0 Å². The molecule has 0 spiro atoms. The number of carbonyl (C=O) groups is 1. The Morgan fingerprint density at radius 2 is 2.11 bits per heavy atom. The molecule has 0 atom stereocenters. The molecule has 1 aromatic carbocycles. The first kappa shape index (κ1) is 13.4. The predicted molar refractivity (Wildman–Crippen MR) is 58.8 cm³/mol. The number of benzene rings is 1. The molecule has 100 valence electrons. The molecular weight excluding hydrogens is 287 g/mol. The maximum Gasteiger partial charge on any atom is 0.374 e. The topological polar surface area (TPSA) is 63.3 Å². The molecule has 0 aliphatic rings. The van der Waals surface area contributed by atoms with Crippen LogP contribution in [0.3, 0.4) is 0 Å². The highest BCUT2D eigenvalue weighted by molar-refractivity contribution is 6.30. The van der Waals surface area contributed by atoms with Gasteiger partial charge >= 0.3 is 5.97 Å². The van der Waals surface area contributed by atoms with Crippen LogP contribution < -0.4 is 0 Å². The third-order valence-electron chi connectivity index (χ3n) is 2.22. The minimum absolute atomic E-state index is 0.0975. The van der Waals surface area contributed by atoms with Crippen LogP contribution in [-0.4, -0.2) is 16.1 Å². The van der Waals surface area contributed by atoms with Crippen LogP contribution in [0.25, 0.3) is 11.5 Å². The van der Waals surface area contributed by atoms with Gasteiger partial charge in [0.2, 0.25) is 11.7 Å². The van der Waals surface area contributed by atoms with Gasteiger partial charge in [0.25, 0.3) is 6.43 Å². The monoisotopic (exact) mass is 291 g/mol. The number of nitrogens with zero attached hydrogens (tertiary/aromatic N) is 1. The summed E-state index contributed by atoms with van der Waals surface area (Å²) in [7, 11) is 0. The predicted octanol–water partition coefficient (Wildman–Crippen LogP) is 3.77. The molecule has 0 saturated carbocycles. The number of rotatable bonds is 3. The van der Waals surface area contributed by atoms with Crippen molar-refractivity contribution in [2.75, 3.05) is 0 Å². The van der Waals surface area contributed by atoms with Crippen LogP contribution in [0.2, 0.25) is 5.02 Å². The van der Waals surface area contributed by atoms with Gasteiger partial charge < -0.3 is 9.52 Å². The highest BCUT2D eigenvalue weighted by Gasteiger charge is 2.27. The second-order valence-corrected chi connectivity index (χ2v) is 3.90. The Bertz CT molecular complexity index is 642. The number of aromatic carboxylic acids is 1. The molecule has 0 amide bonds. The number of carboxylic acid groups (broad SMARTS) is 1. The summed E-state index contributed by atoms with van der Waals surface area (Å²) in [5.74, 6) is -4.11. The standard InChI is InChI=1S/C11H5ClF3NO3/c12-4-1-2-5(6(13)3-4)10-16-7(9(14)15)8(19-10)11(17)18/h1-3,9H,(H,17,18). The van der Waals surface area contributed by atoms with Crippen LogP contribution in [-0.2, 0) is 0 Å². The Labute approximate surface area is 109 Å². The third kappa shape index (κ3) is 2.55. The fourth-order valence-corrected chi connectivity index (χ4v) is 1.57. The lowest BCUT2D eigenvalue weighted by molar-refractivity contribution is 0.0646. The van der Waals surface area contributed by atoms with Crippen LogP contribution >= 0.6 is 11.6 Å². The van der Waals surface area contributed by atoms with Gasteiger partial charge in [0.05, 0.1) is 5.56 Å². The van der Waals surface area contributed by atoms with Gasteiger partial charge in [-0.2, -0.15) is 0 Å². The summed E-state index contributed by atoms with van der Waals surface area (Å²) in [4.78, 5) is 14.0. The zero-order valence-electron chi connectivity index (χ0n) is 9.03. The highest BCUT2D eigenvalue weighted by Crippen LogP contribution is 2.30. The number of oxazole rings is 1. The molecule has 0 fully saturated rings. The molecule has 1 heterocycles. The molecule has 2 aromatic rings. The van der Waals surface area contributed by atoms with Crippen molar-refractivity contribution in [2.45, 2.75) is 6.43 Å². The second kappa shape index (κ2) is 4.93. The fourth-order valence-electron chi connectivity index (χ4n) is 1.41. The molecular formula is C11H5ClF3NO3. The van der Waals surface area contributed by atoms with Gasteiger partial charge in [-0.25, -0.2) is 22.9 Å². The number of hydrogen-bond donors (Lipinski definition) is 1. The molecule has 0 radical (unpaired) electrons. The van der Waals surface area contributed by atoms with Crippen molar-refractivity contribution in [1.29, 1.82) is 0 Å². The summed E-state index contributed by atoms with van der Waals surface area (Å²) in [5.41, 5.74) is -1.30. The Hall–Kier alpha value is -2.02. The molecule has 19 heavy (non-hydrogen) atoms. The maximum absolute atomic E-state index is 13.6. The van der Waals surface area contributed by atoms with Crippen molar-refractivity contribution in [3.8, 4) is 11.5 Å². The van der Waals surface area contributed by atoms with Crippen LogP contribution in [0.5, 0.6) is 0 Å². The quantitative estimate of drug-likeness (QED) is 0.935. The molecule has 2 rings (SSSR count). The van der Waals surface area contributed by atoms with Crippen molar-refractivity contribution in [1.82, 2.24) is 4.98 Å². The second-order valence-electron chi connectivity index (χ2n) is 3.46. The Balaban J connectivity index is 2.57. The summed E-state index contributed by atoms with van der Waals surface area (Å²) < 4.78 is 43.4. The van der Waals surface area contributed by atoms with Crippen molar-refractivity contribution in [3.05, 3.63) is 40.5 Å². The minimum Gasteiger partial charge on any atom is -0.475 e. The van der Waals surface area contributed by atoms with Crippen molar-refractivity contribution in [2.24, 2.45) is 0 Å². The van der Waals surface area contributed by atoms with Crippen molar-refractivity contribution < 1.29 is 27.5 Å². The smallest absolute Gasteiger partial charge is 0.374 e. The largest absolute Gasteiger partial charge is 0.475 e. The summed E-state index contributed by atoms with van der Waals surface area (Å²) in [5, 5.41) is 8.80. The first-order chi connectivity index (χ1) is 8.90. The molecule has 0 bridgehead atoms. The van der Waals surface area contributed by atoms with Crippen molar-refractivity contribution >= 4 is 17.6 Å². The van der Waals surface area contributed by atoms with Gasteiger partial charge in [-0.05, 0) is 18.2 Å². The highest BCUT2D eigenvalue weighted by atomic mass is 35.5. The summed E-state index contributed by atoms with van der Waals surface area (Å²) in [6, 6.07) is 3.39. The number of alkyl halides is 2. The van der Waals surface area contributed by atoms with Gasteiger partial charge in [0.1, 0.15) is 5.82 Å². The average Bonchev–Trinajstić information content (AvgIpc) is 2.73. The van der Waals surface area contributed by atoms with Crippen LogP contribution in [0.4, 0.5) is 13.2 Å². The summed E-state index contributed by atoms with van der Waals surface area (Å²) >= 11 is 5.54. The first-order valence-electron chi connectivity index (χ1n) is 4.87. The molecule has 4 nitrogen and oxygen atoms in total. The maximum atomic E-state index is 13.6. The number of aromatic nitrogens is 1. The van der Waals surface area contributed by atoms with E-state index in [0.717, 1.165) is 12.1 Å². The SMILES string of the molecule is O=C(O)c1oc(-c2ccc(Cl)cc2F)nc1C(F)F. The number of halogens is 4. The minimum atomic E-state index is -3.14. The van der Waals surface area contributed by atoms with Gasteiger partial charge in [-0.3, -0.25) is 0 Å². The average molecular weight is 292 g/mol. The van der Waals surface area contributed by atoms with Crippen molar-refractivity contribution in [3.63, 3.8) is 0 Å². The van der Waals surface area contributed by atoms with E-state index in [2.05, 4.69) is 9.40 Å². The summed E-state index contributed by atoms with van der Waals surface area (Å²) in [6.45, 7) is 0. The zero-order valence-corrected chi connectivity index (χ0v) is 9.79. The van der Waals surface area contributed by atoms with E-state index in [1.807, 2.05) is 0 Å². The molecule has 0 aliphatic carbocycles. The molecule has 0 aliphatic heterocycles. The Morgan fingerprint density at radius 3 is 2.58 bits per heavy atom. The zero-order chi connectivity index (χ0) is 14.2. The Kier molecular flexibility index (Phi) is 3.48.